The van der Waals surface area contributed by atoms with Crippen molar-refractivity contribution in [2.75, 3.05) is 6.54 Å². The molecule has 2 nitrogen and oxygen atoms in total. The molecule has 1 fully saturated rings. The molecule has 1 aromatic heterocycles. The van der Waals surface area contributed by atoms with Crippen LogP contribution >= 0.6 is 15.9 Å². The molecule has 1 aliphatic rings. The lowest BCUT2D eigenvalue weighted by atomic mass is 10.3. The summed E-state index contributed by atoms with van der Waals surface area (Å²) in [5, 5.41) is 3.46. The van der Waals surface area contributed by atoms with Gasteiger partial charge >= 0.3 is 0 Å². The molecule has 0 aromatic carbocycles. The van der Waals surface area contributed by atoms with E-state index in [-0.39, 0.29) is 0 Å². The van der Waals surface area contributed by atoms with Crippen molar-refractivity contribution in [1.29, 1.82) is 0 Å². The fourth-order valence-electron chi connectivity index (χ4n) is 1.64. The Hall–Kier alpha value is -0.410. The van der Waals surface area contributed by atoms with Crippen LogP contribution in [0.4, 0.5) is 0 Å². The summed E-state index contributed by atoms with van der Waals surface area (Å²) in [6.45, 7) is 4.39. The Morgan fingerprint density at radius 2 is 2.36 bits per heavy atom. The van der Waals surface area contributed by atoms with Crippen molar-refractivity contribution in [3.8, 4) is 0 Å². The first-order chi connectivity index (χ1) is 6.75. The third-order valence-corrected chi connectivity index (χ3v) is 3.21. The third kappa shape index (κ3) is 2.79. The van der Waals surface area contributed by atoms with E-state index >= 15 is 0 Å². The number of hydrogen-bond donors (Lipinski definition) is 1. The van der Waals surface area contributed by atoms with Gasteiger partial charge in [0.05, 0.1) is 0 Å². The average molecular weight is 255 g/mol. The Morgan fingerprint density at radius 3 is 3.00 bits per heavy atom. The molecule has 1 aliphatic carbocycles. The second kappa shape index (κ2) is 4.41. The zero-order valence-corrected chi connectivity index (χ0v) is 9.92. The standard InChI is InChI=1S/C11H15BrN2/c1-8-2-10(8)6-13-4-9-3-11(12)7-14-5-9/h3,5,7-8,10,13H,2,4,6H2,1H3. The highest BCUT2D eigenvalue weighted by Crippen LogP contribution is 2.36. The van der Waals surface area contributed by atoms with E-state index < -0.39 is 0 Å². The number of aromatic nitrogens is 1. The molecule has 0 bridgehead atoms. The molecule has 76 valence electrons. The van der Waals surface area contributed by atoms with Gasteiger partial charge in [0.1, 0.15) is 0 Å². The first kappa shape index (κ1) is 10.1. The maximum absolute atomic E-state index is 4.13. The Labute approximate surface area is 93.3 Å². The highest BCUT2D eigenvalue weighted by molar-refractivity contribution is 9.10. The zero-order chi connectivity index (χ0) is 9.97. The summed E-state index contributed by atoms with van der Waals surface area (Å²) < 4.78 is 1.05. The normalized spacial score (nSPS) is 25.0. The van der Waals surface area contributed by atoms with Gasteiger partial charge in [0.15, 0.2) is 0 Å². The molecule has 0 spiro atoms. The second-order valence-electron chi connectivity index (χ2n) is 4.12. The van der Waals surface area contributed by atoms with Crippen molar-refractivity contribution in [2.45, 2.75) is 19.9 Å². The van der Waals surface area contributed by atoms with Crippen molar-refractivity contribution in [3.63, 3.8) is 0 Å². The van der Waals surface area contributed by atoms with Crippen LogP contribution in [0.25, 0.3) is 0 Å². The average Bonchev–Trinajstić information content (AvgIpc) is 2.82. The number of rotatable bonds is 4. The molecule has 0 saturated heterocycles. The van der Waals surface area contributed by atoms with Crippen LogP contribution in [0.5, 0.6) is 0 Å². The van der Waals surface area contributed by atoms with E-state index in [9.17, 15) is 0 Å². The summed E-state index contributed by atoms with van der Waals surface area (Å²) >= 11 is 3.41. The molecular weight excluding hydrogens is 240 g/mol. The number of nitrogens with zero attached hydrogens (tertiary/aromatic N) is 1. The van der Waals surface area contributed by atoms with Crippen LogP contribution in [-0.2, 0) is 6.54 Å². The van der Waals surface area contributed by atoms with Crippen LogP contribution in [0.15, 0.2) is 22.9 Å². The predicted octanol–water partition coefficient (Wildman–Crippen LogP) is 2.59. The lowest BCUT2D eigenvalue weighted by molar-refractivity contribution is 0.611. The molecule has 1 saturated carbocycles. The SMILES string of the molecule is CC1CC1CNCc1cncc(Br)c1. The molecule has 0 amide bonds. The Bertz CT molecular complexity index is 314. The van der Waals surface area contributed by atoms with E-state index in [1.54, 1.807) is 0 Å². The van der Waals surface area contributed by atoms with E-state index in [0.717, 1.165) is 29.4 Å². The zero-order valence-electron chi connectivity index (χ0n) is 8.33. The first-order valence-corrected chi connectivity index (χ1v) is 5.85. The van der Waals surface area contributed by atoms with E-state index in [0.29, 0.717) is 0 Å². The summed E-state index contributed by atoms with van der Waals surface area (Å²) in [5.74, 6) is 1.85. The van der Waals surface area contributed by atoms with Crippen LogP contribution in [-0.4, -0.2) is 11.5 Å². The Morgan fingerprint density at radius 1 is 1.57 bits per heavy atom. The van der Waals surface area contributed by atoms with Crippen LogP contribution in [0.1, 0.15) is 18.9 Å². The molecule has 1 heterocycles. The van der Waals surface area contributed by atoms with E-state index in [1.807, 2.05) is 12.4 Å². The fraction of sp³-hybridized carbons (Fsp3) is 0.545. The molecule has 1 N–H and O–H groups in total. The maximum atomic E-state index is 4.13. The summed E-state index contributed by atoms with van der Waals surface area (Å²) in [6.07, 6.45) is 5.12. The van der Waals surface area contributed by atoms with Gasteiger partial charge in [-0.15, -0.1) is 0 Å². The molecular formula is C11H15BrN2. The highest BCUT2D eigenvalue weighted by Gasteiger charge is 2.31. The second-order valence-corrected chi connectivity index (χ2v) is 5.03. The first-order valence-electron chi connectivity index (χ1n) is 5.06. The lowest BCUT2D eigenvalue weighted by Gasteiger charge is -2.03. The van der Waals surface area contributed by atoms with Gasteiger partial charge < -0.3 is 5.32 Å². The largest absolute Gasteiger partial charge is 0.312 e. The van der Waals surface area contributed by atoms with Crippen molar-refractivity contribution < 1.29 is 0 Å². The summed E-state index contributed by atoms with van der Waals surface area (Å²) in [5.41, 5.74) is 1.24. The lowest BCUT2D eigenvalue weighted by Crippen LogP contribution is -2.16. The van der Waals surface area contributed by atoms with Gasteiger partial charge in [0.25, 0.3) is 0 Å². The van der Waals surface area contributed by atoms with Gasteiger partial charge in [-0.1, -0.05) is 6.92 Å². The van der Waals surface area contributed by atoms with Gasteiger partial charge in [0, 0.05) is 23.4 Å². The van der Waals surface area contributed by atoms with Crippen molar-refractivity contribution >= 4 is 15.9 Å². The van der Waals surface area contributed by atoms with Crippen molar-refractivity contribution in [3.05, 3.63) is 28.5 Å². The summed E-state index contributed by atoms with van der Waals surface area (Å²) in [6, 6.07) is 2.11. The van der Waals surface area contributed by atoms with Gasteiger partial charge in [-0.3, -0.25) is 4.98 Å². The topological polar surface area (TPSA) is 24.9 Å². The molecule has 2 atom stereocenters. The van der Waals surface area contributed by atoms with Gasteiger partial charge in [-0.25, -0.2) is 0 Å². The van der Waals surface area contributed by atoms with Crippen LogP contribution < -0.4 is 5.32 Å². The monoisotopic (exact) mass is 254 g/mol. The van der Waals surface area contributed by atoms with Crippen molar-refractivity contribution in [1.82, 2.24) is 10.3 Å². The molecule has 2 rings (SSSR count). The summed E-state index contributed by atoms with van der Waals surface area (Å²) in [7, 11) is 0. The van der Waals surface area contributed by atoms with Crippen LogP contribution in [0.3, 0.4) is 0 Å². The van der Waals surface area contributed by atoms with Crippen molar-refractivity contribution in [2.24, 2.45) is 11.8 Å². The number of halogens is 1. The minimum Gasteiger partial charge on any atom is -0.312 e. The summed E-state index contributed by atoms with van der Waals surface area (Å²) in [4.78, 5) is 4.13. The quantitative estimate of drug-likeness (QED) is 0.894. The number of pyridine rings is 1. The smallest absolute Gasteiger partial charge is 0.0410 e. The van der Waals surface area contributed by atoms with Crippen LogP contribution in [0, 0.1) is 11.8 Å². The van der Waals surface area contributed by atoms with E-state index in [1.165, 1.54) is 12.0 Å². The number of nitrogens with one attached hydrogen (secondary N) is 1. The molecule has 0 radical (unpaired) electrons. The van der Waals surface area contributed by atoms with Crippen LogP contribution in [0.2, 0.25) is 0 Å². The number of hydrogen-bond acceptors (Lipinski definition) is 2. The minimum absolute atomic E-state index is 0.912. The fourth-order valence-corrected chi connectivity index (χ4v) is 2.05. The molecule has 3 heteroatoms. The molecule has 2 unspecified atom stereocenters. The van der Waals surface area contributed by atoms with Gasteiger partial charge in [0.2, 0.25) is 0 Å². The van der Waals surface area contributed by atoms with E-state index in [4.69, 9.17) is 0 Å². The van der Waals surface area contributed by atoms with Gasteiger partial charge in [-0.2, -0.15) is 0 Å². The maximum Gasteiger partial charge on any atom is 0.0410 e. The molecule has 0 aliphatic heterocycles. The predicted molar refractivity (Wildman–Crippen MR) is 60.9 cm³/mol. The Balaban J connectivity index is 1.74. The minimum atomic E-state index is 0.912. The molecule has 1 aromatic rings. The van der Waals surface area contributed by atoms with E-state index in [2.05, 4.69) is 39.2 Å². The highest BCUT2D eigenvalue weighted by atomic mass is 79.9. The Kier molecular flexibility index (Phi) is 3.19. The molecule has 14 heavy (non-hydrogen) atoms. The van der Waals surface area contributed by atoms with Gasteiger partial charge in [-0.05, 0) is 52.4 Å². The third-order valence-electron chi connectivity index (χ3n) is 2.77.